The summed E-state index contributed by atoms with van der Waals surface area (Å²) in [5.41, 5.74) is 0.115. The summed E-state index contributed by atoms with van der Waals surface area (Å²) in [5, 5.41) is 5.34. The van der Waals surface area contributed by atoms with E-state index in [4.69, 9.17) is 21.1 Å². The molecule has 2 amide bonds. The number of nitrogens with one attached hydrogen (secondary N) is 2. The van der Waals surface area contributed by atoms with E-state index in [1.54, 1.807) is 13.0 Å². The smallest absolute Gasteiger partial charge is 0.342 e. The summed E-state index contributed by atoms with van der Waals surface area (Å²) in [6, 6.07) is 3.76. The molecule has 126 valence electrons. The first-order valence-electron chi connectivity index (χ1n) is 6.96. The van der Waals surface area contributed by atoms with Crippen molar-refractivity contribution in [3.63, 3.8) is 0 Å². The van der Waals surface area contributed by atoms with E-state index < -0.39 is 24.5 Å². The molecule has 1 rings (SSSR count). The lowest BCUT2D eigenvalue weighted by Gasteiger charge is -2.13. The Morgan fingerprint density at radius 2 is 2.00 bits per heavy atom. The first-order chi connectivity index (χ1) is 10.9. The molecule has 0 aliphatic rings. The van der Waals surface area contributed by atoms with E-state index >= 15 is 0 Å². The van der Waals surface area contributed by atoms with Crippen LogP contribution >= 0.6 is 11.6 Å². The Kier molecular flexibility index (Phi) is 7.34. The van der Waals surface area contributed by atoms with Gasteiger partial charge in [-0.3, -0.25) is 9.59 Å². The minimum absolute atomic E-state index is 0.115. The molecule has 0 fully saturated rings. The summed E-state index contributed by atoms with van der Waals surface area (Å²) >= 11 is 5.83. The number of methoxy groups -OCH3 is 1. The highest BCUT2D eigenvalue weighted by Crippen LogP contribution is 2.23. The molecule has 0 bridgehead atoms. The second-order valence-electron chi connectivity index (χ2n) is 4.60. The summed E-state index contributed by atoms with van der Waals surface area (Å²) in [6.07, 6.45) is 0. The number of carbonyl (C=O) groups is 3. The van der Waals surface area contributed by atoms with E-state index in [9.17, 15) is 14.4 Å². The van der Waals surface area contributed by atoms with Crippen molar-refractivity contribution in [3.8, 4) is 5.75 Å². The van der Waals surface area contributed by atoms with E-state index in [1.807, 2.05) is 0 Å². The Bertz CT molecular complexity index is 591. The molecule has 1 atom stereocenters. The van der Waals surface area contributed by atoms with E-state index in [-0.39, 0.29) is 17.2 Å². The predicted molar refractivity (Wildman–Crippen MR) is 84.6 cm³/mol. The van der Waals surface area contributed by atoms with Crippen molar-refractivity contribution >= 4 is 29.4 Å². The third-order valence-electron chi connectivity index (χ3n) is 2.84. The number of halogens is 1. The molecule has 0 saturated heterocycles. The number of hydrogen-bond donors (Lipinski definition) is 2. The van der Waals surface area contributed by atoms with Crippen molar-refractivity contribution in [1.82, 2.24) is 10.6 Å². The second-order valence-corrected chi connectivity index (χ2v) is 5.04. The maximum atomic E-state index is 12.0. The average Bonchev–Trinajstić information content (AvgIpc) is 2.52. The number of amides is 2. The van der Waals surface area contributed by atoms with Crippen LogP contribution in [0, 0.1) is 0 Å². The van der Waals surface area contributed by atoms with Gasteiger partial charge in [-0.2, -0.15) is 0 Å². The van der Waals surface area contributed by atoms with Crippen LogP contribution < -0.4 is 15.4 Å². The molecular formula is C15H19ClN2O5. The molecule has 8 heteroatoms. The van der Waals surface area contributed by atoms with Crippen LogP contribution in [0.1, 0.15) is 24.2 Å². The van der Waals surface area contributed by atoms with Gasteiger partial charge in [-0.25, -0.2) is 4.79 Å². The number of likely N-dealkylation sites (N-methyl/N-ethyl adjacent to an activating group) is 1. The molecule has 0 unspecified atom stereocenters. The number of hydrogen-bond acceptors (Lipinski definition) is 5. The van der Waals surface area contributed by atoms with E-state index in [1.165, 1.54) is 26.2 Å². The predicted octanol–water partition coefficient (Wildman–Crippen LogP) is 1.15. The molecule has 23 heavy (non-hydrogen) atoms. The Balaban J connectivity index is 2.58. The molecule has 1 aromatic carbocycles. The standard InChI is InChI=1S/C15H19ClN2O5/c1-4-17-14(20)9(2)18-13(19)8-23-15(21)11-7-10(16)5-6-12(11)22-3/h5-7,9H,4,8H2,1-3H3,(H,17,20)(H,18,19)/t9-/m1/s1. The fourth-order valence-electron chi connectivity index (χ4n) is 1.72. The van der Waals surface area contributed by atoms with Gasteiger partial charge in [-0.1, -0.05) is 11.6 Å². The molecule has 0 saturated carbocycles. The van der Waals surface area contributed by atoms with Gasteiger partial charge in [0.05, 0.1) is 7.11 Å². The highest BCUT2D eigenvalue weighted by molar-refractivity contribution is 6.31. The molecule has 1 aromatic rings. The zero-order valence-electron chi connectivity index (χ0n) is 13.1. The molecule has 0 aliphatic carbocycles. The third kappa shape index (κ3) is 5.78. The quantitative estimate of drug-likeness (QED) is 0.725. The summed E-state index contributed by atoms with van der Waals surface area (Å²) < 4.78 is 9.94. The highest BCUT2D eigenvalue weighted by atomic mass is 35.5. The van der Waals surface area contributed by atoms with Crippen LogP contribution in [0.4, 0.5) is 0 Å². The number of carbonyl (C=O) groups excluding carboxylic acids is 3. The van der Waals surface area contributed by atoms with E-state index in [0.29, 0.717) is 11.6 Å². The van der Waals surface area contributed by atoms with Crippen molar-refractivity contribution < 1.29 is 23.9 Å². The largest absolute Gasteiger partial charge is 0.496 e. The number of esters is 1. The molecule has 2 N–H and O–H groups in total. The van der Waals surface area contributed by atoms with Gasteiger partial charge in [0.2, 0.25) is 5.91 Å². The van der Waals surface area contributed by atoms with Crippen molar-refractivity contribution in [2.45, 2.75) is 19.9 Å². The van der Waals surface area contributed by atoms with E-state index in [2.05, 4.69) is 10.6 Å². The topological polar surface area (TPSA) is 93.7 Å². The molecular weight excluding hydrogens is 324 g/mol. The molecule has 0 heterocycles. The van der Waals surface area contributed by atoms with Crippen LogP contribution in [-0.2, 0) is 14.3 Å². The van der Waals surface area contributed by atoms with Gasteiger partial charge in [0.15, 0.2) is 6.61 Å². The van der Waals surface area contributed by atoms with Crippen molar-refractivity contribution in [3.05, 3.63) is 28.8 Å². The van der Waals surface area contributed by atoms with Gasteiger partial charge in [0.25, 0.3) is 5.91 Å². The van der Waals surface area contributed by atoms with Crippen LogP contribution in [0.25, 0.3) is 0 Å². The van der Waals surface area contributed by atoms with Crippen LogP contribution in [0.5, 0.6) is 5.75 Å². The maximum absolute atomic E-state index is 12.0. The fraction of sp³-hybridized carbons (Fsp3) is 0.400. The molecule has 0 aromatic heterocycles. The van der Waals surface area contributed by atoms with Crippen LogP contribution in [-0.4, -0.2) is 44.1 Å². The Morgan fingerprint density at radius 1 is 1.30 bits per heavy atom. The molecule has 0 spiro atoms. The molecule has 0 aliphatic heterocycles. The summed E-state index contributed by atoms with van der Waals surface area (Å²) in [4.78, 5) is 35.2. The van der Waals surface area contributed by atoms with E-state index in [0.717, 1.165) is 0 Å². The first kappa shape index (κ1) is 18.8. The minimum atomic E-state index is -0.745. The monoisotopic (exact) mass is 342 g/mol. The van der Waals surface area contributed by atoms with Gasteiger partial charge < -0.3 is 20.1 Å². The van der Waals surface area contributed by atoms with Gasteiger partial charge >= 0.3 is 5.97 Å². The average molecular weight is 343 g/mol. The van der Waals surface area contributed by atoms with Gasteiger partial charge in [0, 0.05) is 11.6 Å². The second kappa shape index (κ2) is 8.99. The highest BCUT2D eigenvalue weighted by Gasteiger charge is 2.18. The number of benzene rings is 1. The van der Waals surface area contributed by atoms with Crippen molar-refractivity contribution in [2.75, 3.05) is 20.3 Å². The molecule has 0 radical (unpaired) electrons. The lowest BCUT2D eigenvalue weighted by molar-refractivity contribution is -0.130. The zero-order valence-corrected chi connectivity index (χ0v) is 13.9. The SMILES string of the molecule is CCNC(=O)[C@@H](C)NC(=O)COC(=O)c1cc(Cl)ccc1OC. The normalized spacial score (nSPS) is 11.3. The summed E-state index contributed by atoms with van der Waals surface area (Å²) in [5.74, 6) is -1.36. The van der Waals surface area contributed by atoms with Gasteiger partial charge in [0.1, 0.15) is 17.4 Å². The Morgan fingerprint density at radius 3 is 2.61 bits per heavy atom. The summed E-state index contributed by atoms with van der Waals surface area (Å²) in [7, 11) is 1.40. The first-order valence-corrected chi connectivity index (χ1v) is 7.34. The Labute approximate surface area is 139 Å². The number of rotatable bonds is 7. The maximum Gasteiger partial charge on any atom is 0.342 e. The van der Waals surface area contributed by atoms with Crippen molar-refractivity contribution in [1.29, 1.82) is 0 Å². The Hall–Kier alpha value is -2.28. The van der Waals surface area contributed by atoms with Gasteiger partial charge in [-0.15, -0.1) is 0 Å². The van der Waals surface area contributed by atoms with Crippen molar-refractivity contribution in [2.24, 2.45) is 0 Å². The van der Waals surface area contributed by atoms with Gasteiger partial charge in [-0.05, 0) is 32.0 Å². The summed E-state index contributed by atoms with van der Waals surface area (Å²) in [6.45, 7) is 3.25. The number of ether oxygens (including phenoxy) is 2. The third-order valence-corrected chi connectivity index (χ3v) is 3.07. The van der Waals surface area contributed by atoms with Crippen LogP contribution in [0.3, 0.4) is 0 Å². The van der Waals surface area contributed by atoms with Crippen LogP contribution in [0.15, 0.2) is 18.2 Å². The van der Waals surface area contributed by atoms with Crippen LogP contribution in [0.2, 0.25) is 5.02 Å². The lowest BCUT2D eigenvalue weighted by Crippen LogP contribution is -2.46. The lowest BCUT2D eigenvalue weighted by atomic mass is 10.2. The zero-order chi connectivity index (χ0) is 17.4. The fourth-order valence-corrected chi connectivity index (χ4v) is 1.90. The minimum Gasteiger partial charge on any atom is -0.496 e. The molecule has 7 nitrogen and oxygen atoms in total.